The number of Topliss-reactive ketones (excluding diaryl/α,β-unsaturated/α-hetero) is 1. The molecule has 1 saturated carbocycles. The summed E-state index contributed by atoms with van der Waals surface area (Å²) in [5.74, 6) is 1.18. The van der Waals surface area contributed by atoms with Crippen LogP contribution in [0.2, 0.25) is 0 Å². The van der Waals surface area contributed by atoms with Gasteiger partial charge in [0.1, 0.15) is 5.76 Å². The van der Waals surface area contributed by atoms with E-state index in [4.69, 9.17) is 0 Å². The minimum Gasteiger partial charge on any atom is -0.511 e. The third-order valence-corrected chi connectivity index (χ3v) is 5.23. The first-order valence-electron chi connectivity index (χ1n) is 7.95. The number of fused-ring (bicyclic) bond motifs is 1. The molecule has 1 aromatic carbocycles. The smallest absolute Gasteiger partial charge is 0.170 e. The molecule has 0 amide bonds. The second-order valence-electron chi connectivity index (χ2n) is 7.03. The fourth-order valence-electron chi connectivity index (χ4n) is 4.32. The van der Waals surface area contributed by atoms with E-state index < -0.39 is 0 Å². The lowest BCUT2D eigenvalue weighted by Crippen LogP contribution is -2.25. The van der Waals surface area contributed by atoms with E-state index in [-0.39, 0.29) is 17.6 Å². The number of rotatable bonds is 1. The summed E-state index contributed by atoms with van der Waals surface area (Å²) < 4.78 is 0. The maximum Gasteiger partial charge on any atom is 0.170 e. The second-order valence-corrected chi connectivity index (χ2v) is 7.03. The first kappa shape index (κ1) is 14.4. The number of aryl methyl sites for hydroxylation is 3. The maximum absolute atomic E-state index is 12.8. The van der Waals surface area contributed by atoms with Gasteiger partial charge in [0.2, 0.25) is 0 Å². The van der Waals surface area contributed by atoms with Crippen molar-refractivity contribution in [3.05, 3.63) is 40.1 Å². The van der Waals surface area contributed by atoms with Gasteiger partial charge in [-0.15, -0.1) is 0 Å². The Kier molecular flexibility index (Phi) is 3.43. The Morgan fingerprint density at radius 2 is 1.67 bits per heavy atom. The molecule has 1 N–H and O–H groups in total. The predicted octanol–water partition coefficient (Wildman–Crippen LogP) is 4.52. The van der Waals surface area contributed by atoms with Crippen molar-refractivity contribution >= 4 is 11.4 Å². The summed E-state index contributed by atoms with van der Waals surface area (Å²) in [4.78, 5) is 12.8. The van der Waals surface area contributed by atoms with Crippen LogP contribution < -0.4 is 0 Å². The van der Waals surface area contributed by atoms with Crippen molar-refractivity contribution in [1.29, 1.82) is 0 Å². The van der Waals surface area contributed by atoms with Crippen LogP contribution in [0, 0.1) is 38.5 Å². The van der Waals surface area contributed by atoms with Gasteiger partial charge in [-0.05, 0) is 62.6 Å². The van der Waals surface area contributed by atoms with Gasteiger partial charge in [0.05, 0.1) is 5.57 Å². The standard InChI is InChI=1S/C19H24O2/c1-10-5-6-14-15(9-10)19(21)17(18(14)20)16-12(3)7-11(2)8-13(16)4/h7-8,10,14-15,21H,5-6,9H2,1-4H3. The summed E-state index contributed by atoms with van der Waals surface area (Å²) in [5, 5.41) is 10.7. The molecule has 2 heteroatoms. The summed E-state index contributed by atoms with van der Waals surface area (Å²) in [7, 11) is 0. The van der Waals surface area contributed by atoms with E-state index in [1.807, 2.05) is 13.8 Å². The maximum atomic E-state index is 12.8. The lowest BCUT2D eigenvalue weighted by Gasteiger charge is -2.28. The summed E-state index contributed by atoms with van der Waals surface area (Å²) in [6.07, 6.45) is 2.96. The van der Waals surface area contributed by atoms with Gasteiger partial charge in [-0.1, -0.05) is 24.6 Å². The molecule has 0 bridgehead atoms. The van der Waals surface area contributed by atoms with Crippen LogP contribution in [0.15, 0.2) is 17.9 Å². The fraction of sp³-hybridized carbons (Fsp3) is 0.526. The molecular formula is C19H24O2. The van der Waals surface area contributed by atoms with Crippen molar-refractivity contribution in [3.63, 3.8) is 0 Å². The van der Waals surface area contributed by atoms with Gasteiger partial charge in [0.25, 0.3) is 0 Å². The molecule has 0 heterocycles. The zero-order valence-electron chi connectivity index (χ0n) is 13.4. The lowest BCUT2D eigenvalue weighted by atomic mass is 9.75. The SMILES string of the molecule is Cc1cc(C)c(C2=C(O)C3CC(C)CCC3C2=O)c(C)c1. The molecule has 3 atom stereocenters. The van der Waals surface area contributed by atoms with Crippen LogP contribution in [0.25, 0.3) is 5.57 Å². The molecule has 2 aliphatic rings. The van der Waals surface area contributed by atoms with E-state index in [0.29, 0.717) is 17.3 Å². The number of hydrogen-bond acceptors (Lipinski definition) is 2. The van der Waals surface area contributed by atoms with Gasteiger partial charge < -0.3 is 5.11 Å². The Bertz CT molecular complexity index is 616. The fourth-order valence-corrected chi connectivity index (χ4v) is 4.32. The van der Waals surface area contributed by atoms with Crippen LogP contribution in [0.5, 0.6) is 0 Å². The highest BCUT2D eigenvalue weighted by Crippen LogP contribution is 2.48. The second kappa shape index (κ2) is 5.01. The van der Waals surface area contributed by atoms with Crippen LogP contribution in [0.1, 0.15) is 48.4 Å². The number of aliphatic hydroxyl groups excluding tert-OH is 1. The molecule has 2 nitrogen and oxygen atoms in total. The van der Waals surface area contributed by atoms with Crippen molar-refractivity contribution in [2.75, 3.05) is 0 Å². The van der Waals surface area contributed by atoms with Crippen LogP contribution in [0.4, 0.5) is 0 Å². The molecule has 3 rings (SSSR count). The van der Waals surface area contributed by atoms with E-state index >= 15 is 0 Å². The van der Waals surface area contributed by atoms with E-state index in [1.165, 1.54) is 5.56 Å². The summed E-state index contributed by atoms with van der Waals surface area (Å²) in [6.45, 7) is 8.35. The van der Waals surface area contributed by atoms with Gasteiger partial charge in [0, 0.05) is 11.8 Å². The van der Waals surface area contributed by atoms with Gasteiger partial charge in [-0.2, -0.15) is 0 Å². The molecule has 1 fully saturated rings. The molecule has 21 heavy (non-hydrogen) atoms. The van der Waals surface area contributed by atoms with Crippen LogP contribution in [0.3, 0.4) is 0 Å². The van der Waals surface area contributed by atoms with E-state index in [9.17, 15) is 9.90 Å². The van der Waals surface area contributed by atoms with Gasteiger partial charge in [0.15, 0.2) is 5.78 Å². The van der Waals surface area contributed by atoms with Crippen molar-refractivity contribution in [3.8, 4) is 0 Å². The normalized spacial score (nSPS) is 29.0. The van der Waals surface area contributed by atoms with E-state index in [0.717, 1.165) is 36.0 Å². The molecule has 3 unspecified atom stereocenters. The monoisotopic (exact) mass is 284 g/mol. The third kappa shape index (κ3) is 2.21. The first-order valence-corrected chi connectivity index (χ1v) is 7.95. The molecular weight excluding hydrogens is 260 g/mol. The number of aliphatic hydroxyl groups is 1. The zero-order valence-corrected chi connectivity index (χ0v) is 13.4. The summed E-state index contributed by atoms with van der Waals surface area (Å²) in [6, 6.07) is 4.20. The Morgan fingerprint density at radius 1 is 1.05 bits per heavy atom. The molecule has 112 valence electrons. The molecule has 0 aromatic heterocycles. The highest BCUT2D eigenvalue weighted by molar-refractivity contribution is 6.25. The molecule has 0 radical (unpaired) electrons. The molecule has 0 aliphatic heterocycles. The van der Waals surface area contributed by atoms with Crippen molar-refractivity contribution in [1.82, 2.24) is 0 Å². The highest BCUT2D eigenvalue weighted by Gasteiger charge is 2.45. The molecule has 0 saturated heterocycles. The molecule has 0 spiro atoms. The number of hydrogen-bond donors (Lipinski definition) is 1. The van der Waals surface area contributed by atoms with Crippen LogP contribution >= 0.6 is 0 Å². The van der Waals surface area contributed by atoms with Crippen molar-refractivity contribution < 1.29 is 9.90 Å². The lowest BCUT2D eigenvalue weighted by molar-refractivity contribution is -0.118. The van der Waals surface area contributed by atoms with Crippen LogP contribution in [-0.2, 0) is 4.79 Å². The average Bonchev–Trinajstić information content (AvgIpc) is 2.62. The van der Waals surface area contributed by atoms with Gasteiger partial charge in [-0.3, -0.25) is 4.79 Å². The zero-order chi connectivity index (χ0) is 15.3. The third-order valence-electron chi connectivity index (χ3n) is 5.23. The summed E-state index contributed by atoms with van der Waals surface area (Å²) >= 11 is 0. The largest absolute Gasteiger partial charge is 0.511 e. The highest BCUT2D eigenvalue weighted by atomic mass is 16.3. The van der Waals surface area contributed by atoms with E-state index in [2.05, 4.69) is 26.0 Å². The Hall–Kier alpha value is -1.57. The number of allylic oxidation sites excluding steroid dienone is 2. The van der Waals surface area contributed by atoms with Crippen molar-refractivity contribution in [2.24, 2.45) is 17.8 Å². The number of carbonyl (C=O) groups excluding carboxylic acids is 1. The quantitative estimate of drug-likeness (QED) is 0.823. The van der Waals surface area contributed by atoms with Gasteiger partial charge >= 0.3 is 0 Å². The molecule has 2 aliphatic carbocycles. The molecule has 1 aromatic rings. The average molecular weight is 284 g/mol. The van der Waals surface area contributed by atoms with E-state index in [1.54, 1.807) is 0 Å². The Morgan fingerprint density at radius 3 is 2.29 bits per heavy atom. The minimum atomic E-state index is 0.0105. The topological polar surface area (TPSA) is 37.3 Å². The Balaban J connectivity index is 2.12. The number of carbonyl (C=O) groups is 1. The number of ketones is 1. The predicted molar refractivity (Wildman–Crippen MR) is 85.2 cm³/mol. The minimum absolute atomic E-state index is 0.0105. The first-order chi connectivity index (χ1) is 9.90. The van der Waals surface area contributed by atoms with Gasteiger partial charge in [-0.25, -0.2) is 0 Å². The van der Waals surface area contributed by atoms with Crippen molar-refractivity contribution in [2.45, 2.75) is 47.0 Å². The summed E-state index contributed by atoms with van der Waals surface area (Å²) in [5.41, 5.74) is 4.95. The Labute approximate surface area is 126 Å². The number of benzene rings is 1. The van der Waals surface area contributed by atoms with Crippen LogP contribution in [-0.4, -0.2) is 10.9 Å².